The highest BCUT2D eigenvalue weighted by molar-refractivity contribution is 5.19. The summed E-state index contributed by atoms with van der Waals surface area (Å²) in [7, 11) is 0. The normalized spacial score (nSPS) is 33.1. The van der Waals surface area contributed by atoms with Gasteiger partial charge in [-0.1, -0.05) is 26.7 Å². The lowest BCUT2D eigenvalue weighted by molar-refractivity contribution is -0.248. The van der Waals surface area contributed by atoms with Crippen LogP contribution in [0.2, 0.25) is 0 Å². The van der Waals surface area contributed by atoms with Gasteiger partial charge in [-0.15, -0.1) is 24.5 Å². The maximum Gasteiger partial charge on any atom is 0.00918 e. The van der Waals surface area contributed by atoms with Crippen molar-refractivity contribution < 1.29 is 4.74 Å². The highest BCUT2D eigenvalue weighted by Crippen LogP contribution is 2.59. The topological polar surface area (TPSA) is 9.23 Å². The molecule has 1 unspecified atom stereocenters. The molecule has 0 aromatic carbocycles. The van der Waals surface area contributed by atoms with Crippen molar-refractivity contribution in [1.82, 2.24) is 0 Å². The molecule has 1 aliphatic heterocycles. The van der Waals surface area contributed by atoms with E-state index in [1.165, 1.54) is 6.10 Å². The SMILES string of the molecule is C=CC[C-]1OC(C)(C)C1(C)C(C)C. The Morgan fingerprint density at radius 3 is 2.23 bits per heavy atom. The molecule has 0 amide bonds. The van der Waals surface area contributed by atoms with Crippen LogP contribution in [0.5, 0.6) is 0 Å². The van der Waals surface area contributed by atoms with Crippen molar-refractivity contribution in [2.45, 2.75) is 46.6 Å². The van der Waals surface area contributed by atoms with Crippen molar-refractivity contribution in [2.75, 3.05) is 0 Å². The van der Waals surface area contributed by atoms with E-state index in [9.17, 15) is 0 Å². The van der Waals surface area contributed by atoms with Crippen LogP contribution in [0, 0.1) is 17.4 Å². The third kappa shape index (κ3) is 1.34. The predicted molar refractivity (Wildman–Crippen MR) is 56.2 cm³/mol. The average Bonchev–Trinajstić information content (AvgIpc) is 2.02. The first-order valence-corrected chi connectivity index (χ1v) is 5.02. The van der Waals surface area contributed by atoms with Gasteiger partial charge in [-0.25, -0.2) is 0 Å². The van der Waals surface area contributed by atoms with Crippen LogP contribution in [0.3, 0.4) is 0 Å². The molecule has 1 rings (SSSR count). The summed E-state index contributed by atoms with van der Waals surface area (Å²) in [4.78, 5) is 0. The Labute approximate surface area is 82.2 Å². The van der Waals surface area contributed by atoms with Gasteiger partial charge in [0.1, 0.15) is 0 Å². The zero-order chi connectivity index (χ0) is 10.3. The second kappa shape index (κ2) is 3.13. The van der Waals surface area contributed by atoms with Crippen LogP contribution in [0.4, 0.5) is 0 Å². The molecule has 0 aliphatic carbocycles. The molecule has 1 aliphatic rings. The fourth-order valence-electron chi connectivity index (χ4n) is 2.21. The van der Waals surface area contributed by atoms with E-state index in [1.807, 2.05) is 6.08 Å². The first kappa shape index (κ1) is 10.8. The van der Waals surface area contributed by atoms with E-state index in [1.54, 1.807) is 0 Å². The molecule has 1 heterocycles. The second-order valence-electron chi connectivity index (χ2n) is 4.89. The summed E-state index contributed by atoms with van der Waals surface area (Å²) < 4.78 is 5.79. The summed E-state index contributed by atoms with van der Waals surface area (Å²) in [6.07, 6.45) is 4.01. The van der Waals surface area contributed by atoms with E-state index in [2.05, 4.69) is 41.2 Å². The van der Waals surface area contributed by atoms with Crippen LogP contribution in [0.1, 0.15) is 41.0 Å². The van der Waals surface area contributed by atoms with E-state index in [0.29, 0.717) is 5.92 Å². The standard InChI is InChI=1S/C12H21O/c1-7-8-10-12(6,9(2)3)11(4,5)13-10/h7,9H,1,8H2,2-6H3/q-1. The van der Waals surface area contributed by atoms with Gasteiger partial charge in [0.25, 0.3) is 0 Å². The van der Waals surface area contributed by atoms with Gasteiger partial charge >= 0.3 is 0 Å². The van der Waals surface area contributed by atoms with Crippen molar-refractivity contribution in [3.8, 4) is 0 Å². The van der Waals surface area contributed by atoms with E-state index in [0.717, 1.165) is 6.42 Å². The summed E-state index contributed by atoms with van der Waals surface area (Å²) >= 11 is 0. The maximum absolute atomic E-state index is 5.79. The molecule has 1 fully saturated rings. The van der Waals surface area contributed by atoms with Crippen LogP contribution in [-0.2, 0) is 4.74 Å². The molecule has 0 aromatic rings. The van der Waals surface area contributed by atoms with E-state index < -0.39 is 0 Å². The van der Waals surface area contributed by atoms with Gasteiger partial charge < -0.3 is 4.74 Å². The molecule has 0 N–H and O–H groups in total. The lowest BCUT2D eigenvalue weighted by atomic mass is 9.58. The molecule has 0 bridgehead atoms. The number of rotatable bonds is 3. The third-order valence-electron chi connectivity index (χ3n) is 3.69. The summed E-state index contributed by atoms with van der Waals surface area (Å²) in [5.74, 6) is 0.617. The molecule has 13 heavy (non-hydrogen) atoms. The number of hydrogen-bond acceptors (Lipinski definition) is 1. The first-order valence-electron chi connectivity index (χ1n) is 5.02. The Balaban J connectivity index is 2.80. The van der Waals surface area contributed by atoms with Crippen molar-refractivity contribution in [2.24, 2.45) is 11.3 Å². The Kier molecular flexibility index (Phi) is 2.59. The summed E-state index contributed by atoms with van der Waals surface area (Å²) in [6.45, 7) is 14.9. The molecule has 0 radical (unpaired) electrons. The lowest BCUT2D eigenvalue weighted by Gasteiger charge is -2.74. The van der Waals surface area contributed by atoms with Gasteiger partial charge in [0.2, 0.25) is 0 Å². The first-order chi connectivity index (χ1) is 5.86. The second-order valence-corrected chi connectivity index (χ2v) is 4.89. The number of hydrogen-bond donors (Lipinski definition) is 0. The fourth-order valence-corrected chi connectivity index (χ4v) is 2.21. The molecular weight excluding hydrogens is 160 g/mol. The van der Waals surface area contributed by atoms with Crippen LogP contribution in [-0.4, -0.2) is 5.60 Å². The quantitative estimate of drug-likeness (QED) is 0.478. The molecule has 76 valence electrons. The maximum atomic E-state index is 5.79. The molecule has 1 atom stereocenters. The van der Waals surface area contributed by atoms with Crippen molar-refractivity contribution in [3.63, 3.8) is 0 Å². The van der Waals surface area contributed by atoms with Gasteiger partial charge in [-0.05, 0) is 13.8 Å². The highest BCUT2D eigenvalue weighted by atomic mass is 16.5. The molecule has 0 saturated carbocycles. The Hall–Kier alpha value is -0.300. The zero-order valence-electron chi connectivity index (χ0n) is 9.48. The summed E-state index contributed by atoms with van der Waals surface area (Å²) in [5, 5.41) is 0. The van der Waals surface area contributed by atoms with Gasteiger partial charge in [0.15, 0.2) is 0 Å². The van der Waals surface area contributed by atoms with Crippen LogP contribution >= 0.6 is 0 Å². The monoisotopic (exact) mass is 181 g/mol. The van der Waals surface area contributed by atoms with Crippen LogP contribution in [0.15, 0.2) is 12.7 Å². The van der Waals surface area contributed by atoms with Crippen molar-refractivity contribution in [3.05, 3.63) is 18.8 Å². The molecule has 0 aromatic heterocycles. The Bertz CT molecular complexity index is 205. The van der Waals surface area contributed by atoms with E-state index >= 15 is 0 Å². The summed E-state index contributed by atoms with van der Waals surface area (Å²) in [5.41, 5.74) is 0.195. The smallest absolute Gasteiger partial charge is 0.00918 e. The van der Waals surface area contributed by atoms with Crippen LogP contribution in [0.25, 0.3) is 0 Å². The predicted octanol–water partition coefficient (Wildman–Crippen LogP) is 3.57. The lowest BCUT2D eigenvalue weighted by Crippen LogP contribution is -2.62. The van der Waals surface area contributed by atoms with Crippen molar-refractivity contribution in [1.29, 1.82) is 0 Å². The fraction of sp³-hybridized carbons (Fsp3) is 0.750. The van der Waals surface area contributed by atoms with E-state index in [4.69, 9.17) is 4.74 Å². The largest absolute Gasteiger partial charge is 0.545 e. The molecule has 0 spiro atoms. The minimum atomic E-state index is -0.0144. The number of ether oxygens (including phenoxy) is 1. The Morgan fingerprint density at radius 1 is 1.38 bits per heavy atom. The van der Waals surface area contributed by atoms with Gasteiger partial charge in [-0.3, -0.25) is 0 Å². The molecule has 1 saturated heterocycles. The minimum absolute atomic E-state index is 0.0144. The van der Waals surface area contributed by atoms with E-state index in [-0.39, 0.29) is 11.0 Å². The third-order valence-corrected chi connectivity index (χ3v) is 3.69. The van der Waals surface area contributed by atoms with Crippen molar-refractivity contribution >= 4 is 0 Å². The van der Waals surface area contributed by atoms with Gasteiger partial charge in [-0.2, -0.15) is 6.10 Å². The molecule has 1 nitrogen and oxygen atoms in total. The zero-order valence-corrected chi connectivity index (χ0v) is 9.48. The van der Waals surface area contributed by atoms with Gasteiger partial charge in [0, 0.05) is 5.60 Å². The minimum Gasteiger partial charge on any atom is -0.545 e. The average molecular weight is 181 g/mol. The summed E-state index contributed by atoms with van der Waals surface area (Å²) in [6, 6.07) is 0. The molecule has 1 heteroatoms. The van der Waals surface area contributed by atoms with Crippen LogP contribution < -0.4 is 0 Å². The Morgan fingerprint density at radius 2 is 1.92 bits per heavy atom. The molecular formula is C12H21O-. The highest BCUT2D eigenvalue weighted by Gasteiger charge is 2.48. The van der Waals surface area contributed by atoms with Gasteiger partial charge in [0.05, 0.1) is 0 Å².